The molecule has 0 bridgehead atoms. The molecule has 2 atom stereocenters. The van der Waals surface area contributed by atoms with Crippen molar-refractivity contribution in [2.45, 2.75) is 91.9 Å². The number of nitrogens with zero attached hydrogens (tertiary/aromatic N) is 2. The van der Waals surface area contributed by atoms with Gasteiger partial charge in [0.25, 0.3) is 0 Å². The quantitative estimate of drug-likeness (QED) is 0.138. The van der Waals surface area contributed by atoms with E-state index >= 15 is 0 Å². The van der Waals surface area contributed by atoms with Gasteiger partial charge in [-0.15, -0.1) is 22.7 Å². The van der Waals surface area contributed by atoms with Crippen molar-refractivity contribution in [1.82, 2.24) is 0 Å². The van der Waals surface area contributed by atoms with E-state index in [4.69, 9.17) is 0 Å². The molecule has 0 amide bonds. The third-order valence-electron chi connectivity index (χ3n) is 8.02. The van der Waals surface area contributed by atoms with Crippen molar-refractivity contribution in [3.8, 4) is 12.1 Å². The maximum atomic E-state index is 10.5. The highest BCUT2D eigenvalue weighted by molar-refractivity contribution is 9.11. The summed E-state index contributed by atoms with van der Waals surface area (Å²) >= 11 is 10.4. The molecule has 2 aromatic heterocycles. The number of nitriles is 2. The van der Waals surface area contributed by atoms with Gasteiger partial charge in [0.05, 0.1) is 30.9 Å². The van der Waals surface area contributed by atoms with E-state index in [0.717, 1.165) is 54.1 Å². The molecule has 42 heavy (non-hydrogen) atoms. The highest BCUT2D eigenvalue weighted by atomic mass is 79.9. The van der Waals surface area contributed by atoms with Crippen LogP contribution in [0.2, 0.25) is 0 Å². The predicted octanol–water partition coefficient (Wildman–Crippen LogP) is 13.0. The fraction of sp³-hybridized carbons (Fsp3) is 0.444. The van der Waals surface area contributed by atoms with Crippen LogP contribution in [0, 0.1) is 34.5 Å². The van der Waals surface area contributed by atoms with Crippen LogP contribution < -0.4 is 0 Å². The summed E-state index contributed by atoms with van der Waals surface area (Å²) in [7, 11) is 0. The van der Waals surface area contributed by atoms with E-state index in [2.05, 4.69) is 96.0 Å². The third-order valence-corrected chi connectivity index (χ3v) is 11.2. The Balaban J connectivity index is 2.27. The van der Waals surface area contributed by atoms with Crippen LogP contribution in [0.15, 0.2) is 44.0 Å². The summed E-state index contributed by atoms with van der Waals surface area (Å²) in [5.74, 6) is 1.07. The lowest BCUT2D eigenvalue weighted by molar-refractivity contribution is 0.446. The van der Waals surface area contributed by atoms with Crippen LogP contribution >= 0.6 is 54.5 Å². The summed E-state index contributed by atoms with van der Waals surface area (Å²) in [5.41, 5.74) is 5.80. The Hall–Kier alpha value is -1.96. The number of unbranched alkanes of at least 4 members (excludes halogenated alkanes) is 2. The topological polar surface area (TPSA) is 47.6 Å². The first-order chi connectivity index (χ1) is 20.3. The second-order valence-corrected chi connectivity index (χ2v) is 16.0. The van der Waals surface area contributed by atoms with Crippen molar-refractivity contribution < 1.29 is 0 Å². The van der Waals surface area contributed by atoms with Gasteiger partial charge >= 0.3 is 0 Å². The molecule has 222 valence electrons. The molecular formula is C36H42Br2N2S2. The van der Waals surface area contributed by atoms with Gasteiger partial charge in [-0.25, -0.2) is 0 Å². The first kappa shape index (κ1) is 34.5. The zero-order valence-corrected chi connectivity index (χ0v) is 30.1. The molecule has 0 saturated carbocycles. The first-order valence-electron chi connectivity index (χ1n) is 15.3. The summed E-state index contributed by atoms with van der Waals surface area (Å²) < 4.78 is 2.11. The Morgan fingerprint density at radius 2 is 1.12 bits per heavy atom. The second kappa shape index (κ2) is 18.0. The van der Waals surface area contributed by atoms with Gasteiger partial charge in [0.1, 0.15) is 0 Å². The molecule has 2 heterocycles. The average molecular weight is 727 g/mol. The molecule has 0 saturated heterocycles. The zero-order chi connectivity index (χ0) is 30.5. The predicted molar refractivity (Wildman–Crippen MR) is 191 cm³/mol. The van der Waals surface area contributed by atoms with Crippen LogP contribution in [-0.4, -0.2) is 0 Å². The van der Waals surface area contributed by atoms with Gasteiger partial charge in [0.2, 0.25) is 0 Å². The zero-order valence-electron chi connectivity index (χ0n) is 25.3. The summed E-state index contributed by atoms with van der Waals surface area (Å²) in [5, 5.41) is 20.9. The largest absolute Gasteiger partial charge is 0.192 e. The van der Waals surface area contributed by atoms with Crippen LogP contribution in [0.25, 0.3) is 23.3 Å². The molecule has 2 nitrogen and oxygen atoms in total. The fourth-order valence-electron chi connectivity index (χ4n) is 5.47. The van der Waals surface area contributed by atoms with E-state index in [1.165, 1.54) is 49.7 Å². The Morgan fingerprint density at radius 1 is 0.714 bits per heavy atom. The molecule has 0 fully saturated rings. The Morgan fingerprint density at radius 3 is 1.40 bits per heavy atom. The highest BCUT2D eigenvalue weighted by Gasteiger charge is 2.21. The standard InChI is InChI=1S/C36H42Br2N2S2/c1-5-9-11-25(7-3)17-27-21-34(30(24-40)20-32-14-16-36(38)42-32)28(18-26(8-4)12-10-6-2)22-33(27)29(23-39)19-31-13-15-35(37)41-31/h13-16,19-22,25-26H,5-12,17-18H2,1-4H3/b29-19+,30-20+. The molecular weight excluding hydrogens is 684 g/mol. The van der Waals surface area contributed by atoms with Crippen molar-refractivity contribution in [1.29, 1.82) is 10.5 Å². The van der Waals surface area contributed by atoms with Gasteiger partial charge in [0, 0.05) is 9.75 Å². The van der Waals surface area contributed by atoms with Gasteiger partial charge < -0.3 is 0 Å². The van der Waals surface area contributed by atoms with Crippen LogP contribution in [0.4, 0.5) is 0 Å². The van der Waals surface area contributed by atoms with E-state index in [1.54, 1.807) is 22.7 Å². The third kappa shape index (κ3) is 10.1. The molecule has 0 aliphatic rings. The molecule has 0 aliphatic heterocycles. The molecule has 2 unspecified atom stereocenters. The summed E-state index contributed by atoms with van der Waals surface area (Å²) in [6, 6.07) is 17.8. The minimum absolute atomic E-state index is 0.536. The van der Waals surface area contributed by atoms with Crippen molar-refractivity contribution in [3.05, 3.63) is 76.0 Å². The maximum absolute atomic E-state index is 10.5. The summed E-state index contributed by atoms with van der Waals surface area (Å²) in [6.07, 6.45) is 15.2. The number of hydrogen-bond donors (Lipinski definition) is 0. The second-order valence-electron chi connectivity index (χ2n) is 11.0. The molecule has 0 N–H and O–H groups in total. The fourth-order valence-corrected chi connectivity index (χ4v) is 8.21. The van der Waals surface area contributed by atoms with E-state index in [9.17, 15) is 10.5 Å². The van der Waals surface area contributed by atoms with Crippen LogP contribution in [-0.2, 0) is 12.8 Å². The lowest BCUT2D eigenvalue weighted by Crippen LogP contribution is -2.10. The van der Waals surface area contributed by atoms with Crippen molar-refractivity contribution in [3.63, 3.8) is 0 Å². The van der Waals surface area contributed by atoms with Crippen LogP contribution in [0.1, 0.15) is 111 Å². The van der Waals surface area contributed by atoms with Gasteiger partial charge in [-0.3, -0.25) is 0 Å². The lowest BCUT2D eigenvalue weighted by Gasteiger charge is -2.22. The van der Waals surface area contributed by atoms with Gasteiger partial charge in [-0.1, -0.05) is 79.1 Å². The smallest absolute Gasteiger partial charge is 0.0998 e. The highest BCUT2D eigenvalue weighted by Crippen LogP contribution is 2.36. The maximum Gasteiger partial charge on any atom is 0.0998 e. The number of rotatable bonds is 16. The molecule has 3 aromatic rings. The lowest BCUT2D eigenvalue weighted by atomic mass is 9.81. The first-order valence-corrected chi connectivity index (χ1v) is 18.5. The van der Waals surface area contributed by atoms with Crippen molar-refractivity contribution in [2.24, 2.45) is 11.8 Å². The molecule has 1 aromatic carbocycles. The molecule has 3 rings (SSSR count). The number of hydrogen-bond acceptors (Lipinski definition) is 4. The van der Waals surface area contributed by atoms with Gasteiger partial charge in [-0.05, 0) is 127 Å². The molecule has 0 spiro atoms. The van der Waals surface area contributed by atoms with E-state index < -0.39 is 0 Å². The van der Waals surface area contributed by atoms with E-state index in [1.807, 2.05) is 24.3 Å². The normalized spacial score (nSPS) is 13.5. The van der Waals surface area contributed by atoms with E-state index in [0.29, 0.717) is 23.0 Å². The SMILES string of the molecule is CCCCC(CC)Cc1cc(/C(C#N)=C/c2ccc(Br)s2)c(CC(CC)CCCC)cc1/C(C#N)=C/c1ccc(Br)s1. The number of benzene rings is 1. The minimum Gasteiger partial charge on any atom is -0.192 e. The summed E-state index contributed by atoms with van der Waals surface area (Å²) in [6.45, 7) is 9.04. The van der Waals surface area contributed by atoms with Gasteiger partial charge in [0.15, 0.2) is 0 Å². The van der Waals surface area contributed by atoms with E-state index in [-0.39, 0.29) is 0 Å². The monoisotopic (exact) mass is 724 g/mol. The number of allylic oxidation sites excluding steroid dienone is 2. The Bertz CT molecular complexity index is 1340. The number of halogens is 2. The van der Waals surface area contributed by atoms with Crippen molar-refractivity contribution in [2.75, 3.05) is 0 Å². The molecule has 0 aliphatic carbocycles. The van der Waals surface area contributed by atoms with Crippen LogP contribution in [0.5, 0.6) is 0 Å². The Labute approximate surface area is 278 Å². The summed E-state index contributed by atoms with van der Waals surface area (Å²) in [4.78, 5) is 2.12. The molecule has 6 heteroatoms. The Kier molecular flexibility index (Phi) is 14.8. The minimum atomic E-state index is 0.536. The van der Waals surface area contributed by atoms with Crippen molar-refractivity contribution >= 4 is 77.8 Å². The van der Waals surface area contributed by atoms with Gasteiger partial charge in [-0.2, -0.15) is 10.5 Å². The molecule has 0 radical (unpaired) electrons. The van der Waals surface area contributed by atoms with Crippen LogP contribution in [0.3, 0.4) is 0 Å². The number of thiophene rings is 2. The average Bonchev–Trinajstić information content (AvgIpc) is 3.61.